The van der Waals surface area contributed by atoms with Crippen molar-refractivity contribution in [3.63, 3.8) is 0 Å². The monoisotopic (exact) mass is 276 g/mol. The first-order valence-electron chi connectivity index (χ1n) is 6.46. The summed E-state index contributed by atoms with van der Waals surface area (Å²) in [5, 5.41) is 5.83. The number of hydrogen-bond donors (Lipinski definition) is 1. The highest BCUT2D eigenvalue weighted by Crippen LogP contribution is 2.26. The zero-order valence-corrected chi connectivity index (χ0v) is 12.5. The van der Waals surface area contributed by atoms with E-state index < -0.39 is 0 Å². The summed E-state index contributed by atoms with van der Waals surface area (Å²) in [5.41, 5.74) is 0. The number of fused-ring (bicyclic) bond motifs is 1. The number of hydrogen-bond acceptors (Lipinski definition) is 4. The fraction of sp³-hybridized carbons (Fsp3) is 0.400. The summed E-state index contributed by atoms with van der Waals surface area (Å²) < 4.78 is 5.26. The van der Waals surface area contributed by atoms with Crippen LogP contribution in [0.4, 0.5) is 5.82 Å². The fourth-order valence-electron chi connectivity index (χ4n) is 2.05. The van der Waals surface area contributed by atoms with Crippen molar-refractivity contribution in [2.24, 2.45) is 0 Å². The van der Waals surface area contributed by atoms with Crippen molar-refractivity contribution in [1.82, 2.24) is 4.98 Å². The summed E-state index contributed by atoms with van der Waals surface area (Å²) in [5.74, 6) is 2.92. The summed E-state index contributed by atoms with van der Waals surface area (Å²) in [6, 6.07) is 8.55. The Hall–Kier alpha value is -1.42. The van der Waals surface area contributed by atoms with Crippen molar-refractivity contribution >= 4 is 28.4 Å². The summed E-state index contributed by atoms with van der Waals surface area (Å²) in [7, 11) is 1.69. The lowest BCUT2D eigenvalue weighted by molar-refractivity contribution is 0.415. The van der Waals surface area contributed by atoms with E-state index in [4.69, 9.17) is 4.74 Å². The molecule has 1 aromatic carbocycles. The lowest BCUT2D eigenvalue weighted by Crippen LogP contribution is -2.21. The van der Waals surface area contributed by atoms with Crippen LogP contribution >= 0.6 is 11.8 Å². The summed E-state index contributed by atoms with van der Waals surface area (Å²) in [4.78, 5) is 4.47. The van der Waals surface area contributed by atoms with Gasteiger partial charge in [-0.05, 0) is 42.3 Å². The van der Waals surface area contributed by atoms with Crippen LogP contribution in [0.2, 0.25) is 0 Å². The molecule has 0 radical (unpaired) electrons. The van der Waals surface area contributed by atoms with Gasteiger partial charge in [-0.3, -0.25) is 0 Å². The third-order valence-corrected chi connectivity index (χ3v) is 3.91. The number of methoxy groups -OCH3 is 1. The first-order valence-corrected chi connectivity index (χ1v) is 7.86. The van der Waals surface area contributed by atoms with Gasteiger partial charge in [-0.25, -0.2) is 4.98 Å². The predicted molar refractivity (Wildman–Crippen MR) is 84.4 cm³/mol. The quantitative estimate of drug-likeness (QED) is 0.870. The molecular formula is C15H20N2OS. The maximum absolute atomic E-state index is 5.26. The van der Waals surface area contributed by atoms with Gasteiger partial charge >= 0.3 is 0 Å². The standard InChI is InChI=1S/C15H20N2OS/c1-4-12(10-19-3)17-15-14-6-5-13(18-2)9-11(14)7-8-16-15/h5-9,12H,4,10H2,1-3H3,(H,16,17). The van der Waals surface area contributed by atoms with Crippen molar-refractivity contribution in [3.8, 4) is 5.75 Å². The van der Waals surface area contributed by atoms with E-state index in [2.05, 4.69) is 29.5 Å². The smallest absolute Gasteiger partial charge is 0.134 e. The molecule has 3 nitrogen and oxygen atoms in total. The molecule has 1 N–H and O–H groups in total. The number of pyridine rings is 1. The summed E-state index contributed by atoms with van der Waals surface area (Å²) >= 11 is 1.85. The topological polar surface area (TPSA) is 34.2 Å². The Morgan fingerprint density at radius 3 is 2.89 bits per heavy atom. The van der Waals surface area contributed by atoms with E-state index in [0.717, 1.165) is 34.5 Å². The number of ether oxygens (including phenoxy) is 1. The molecule has 1 aromatic heterocycles. The maximum atomic E-state index is 5.26. The van der Waals surface area contributed by atoms with Gasteiger partial charge in [0.1, 0.15) is 11.6 Å². The Morgan fingerprint density at radius 1 is 1.37 bits per heavy atom. The van der Waals surface area contributed by atoms with Crippen molar-refractivity contribution in [1.29, 1.82) is 0 Å². The minimum atomic E-state index is 0.454. The fourth-order valence-corrected chi connectivity index (χ4v) is 2.78. The Labute approximate surface area is 118 Å². The largest absolute Gasteiger partial charge is 0.497 e. The van der Waals surface area contributed by atoms with Gasteiger partial charge in [0.25, 0.3) is 0 Å². The van der Waals surface area contributed by atoms with Crippen LogP contribution < -0.4 is 10.1 Å². The average molecular weight is 276 g/mol. The molecule has 2 rings (SSSR count). The second kappa shape index (κ2) is 6.66. The molecule has 0 saturated carbocycles. The zero-order chi connectivity index (χ0) is 13.7. The van der Waals surface area contributed by atoms with Gasteiger partial charge in [0.15, 0.2) is 0 Å². The number of benzene rings is 1. The highest BCUT2D eigenvalue weighted by Gasteiger charge is 2.09. The SMILES string of the molecule is CCC(CSC)Nc1nccc2cc(OC)ccc12. The van der Waals surface area contributed by atoms with Gasteiger partial charge in [-0.15, -0.1) is 0 Å². The molecule has 0 amide bonds. The third-order valence-electron chi connectivity index (χ3n) is 3.17. The van der Waals surface area contributed by atoms with E-state index in [1.165, 1.54) is 0 Å². The molecule has 19 heavy (non-hydrogen) atoms. The van der Waals surface area contributed by atoms with E-state index in [1.807, 2.05) is 36.2 Å². The van der Waals surface area contributed by atoms with Crippen LogP contribution in [0.3, 0.4) is 0 Å². The Balaban J connectivity index is 2.32. The molecule has 4 heteroatoms. The van der Waals surface area contributed by atoms with Gasteiger partial charge in [0.2, 0.25) is 0 Å². The van der Waals surface area contributed by atoms with Crippen LogP contribution in [0.25, 0.3) is 10.8 Å². The molecule has 0 aliphatic carbocycles. The Kier molecular flexibility index (Phi) is 4.91. The van der Waals surface area contributed by atoms with Crippen LogP contribution in [-0.2, 0) is 0 Å². The normalized spacial score (nSPS) is 12.4. The van der Waals surface area contributed by atoms with Crippen LogP contribution in [0, 0.1) is 0 Å². The molecule has 1 heterocycles. The van der Waals surface area contributed by atoms with Crippen molar-refractivity contribution in [3.05, 3.63) is 30.5 Å². The average Bonchev–Trinajstić information content (AvgIpc) is 2.46. The van der Waals surface area contributed by atoms with E-state index in [-0.39, 0.29) is 0 Å². The molecule has 0 aliphatic rings. The Bertz CT molecular complexity index is 545. The zero-order valence-electron chi connectivity index (χ0n) is 11.6. The van der Waals surface area contributed by atoms with Gasteiger partial charge in [-0.1, -0.05) is 6.92 Å². The summed E-state index contributed by atoms with van der Waals surface area (Å²) in [6.07, 6.45) is 5.07. The van der Waals surface area contributed by atoms with E-state index >= 15 is 0 Å². The van der Waals surface area contributed by atoms with Crippen molar-refractivity contribution < 1.29 is 4.74 Å². The number of rotatable bonds is 6. The van der Waals surface area contributed by atoms with Crippen LogP contribution in [-0.4, -0.2) is 30.1 Å². The van der Waals surface area contributed by atoms with Crippen molar-refractivity contribution in [2.75, 3.05) is 24.4 Å². The molecule has 1 atom stereocenters. The highest BCUT2D eigenvalue weighted by atomic mass is 32.2. The molecule has 0 saturated heterocycles. The number of nitrogens with one attached hydrogen (secondary N) is 1. The molecule has 102 valence electrons. The molecule has 0 fully saturated rings. The lowest BCUT2D eigenvalue weighted by atomic mass is 10.1. The summed E-state index contributed by atoms with van der Waals surface area (Å²) in [6.45, 7) is 2.20. The number of anilines is 1. The lowest BCUT2D eigenvalue weighted by Gasteiger charge is -2.17. The molecule has 0 spiro atoms. The number of aromatic nitrogens is 1. The van der Waals surface area contributed by atoms with Gasteiger partial charge in [0.05, 0.1) is 7.11 Å². The molecule has 1 unspecified atom stereocenters. The van der Waals surface area contributed by atoms with Gasteiger partial charge in [-0.2, -0.15) is 11.8 Å². The molecule has 0 bridgehead atoms. The number of thioether (sulfide) groups is 1. The number of nitrogens with zero attached hydrogens (tertiary/aromatic N) is 1. The van der Waals surface area contributed by atoms with Crippen LogP contribution in [0.1, 0.15) is 13.3 Å². The second-order valence-electron chi connectivity index (χ2n) is 4.45. The predicted octanol–water partition coefficient (Wildman–Crippen LogP) is 3.80. The van der Waals surface area contributed by atoms with E-state index in [0.29, 0.717) is 6.04 Å². The highest BCUT2D eigenvalue weighted by molar-refractivity contribution is 7.98. The van der Waals surface area contributed by atoms with Crippen molar-refractivity contribution in [2.45, 2.75) is 19.4 Å². The van der Waals surface area contributed by atoms with Crippen LogP contribution in [0.5, 0.6) is 5.75 Å². The minimum absolute atomic E-state index is 0.454. The molecule has 0 aliphatic heterocycles. The second-order valence-corrected chi connectivity index (χ2v) is 5.36. The molecule has 2 aromatic rings. The van der Waals surface area contributed by atoms with E-state index in [1.54, 1.807) is 7.11 Å². The first kappa shape index (κ1) is 14.0. The Morgan fingerprint density at radius 2 is 2.21 bits per heavy atom. The van der Waals surface area contributed by atoms with Crippen LogP contribution in [0.15, 0.2) is 30.5 Å². The minimum Gasteiger partial charge on any atom is -0.497 e. The maximum Gasteiger partial charge on any atom is 0.134 e. The van der Waals surface area contributed by atoms with Gasteiger partial charge in [0, 0.05) is 23.4 Å². The molecular weight excluding hydrogens is 256 g/mol. The third kappa shape index (κ3) is 3.32. The van der Waals surface area contributed by atoms with E-state index in [9.17, 15) is 0 Å². The van der Waals surface area contributed by atoms with Gasteiger partial charge < -0.3 is 10.1 Å². The first-order chi connectivity index (χ1) is 9.28.